The predicted octanol–water partition coefficient (Wildman–Crippen LogP) is 1.23. The maximum atomic E-state index is 11.0. The van der Waals surface area contributed by atoms with Crippen molar-refractivity contribution in [1.29, 1.82) is 0 Å². The van der Waals surface area contributed by atoms with Gasteiger partial charge >= 0.3 is 5.97 Å². The van der Waals surface area contributed by atoms with Gasteiger partial charge in [0.25, 0.3) is 0 Å². The van der Waals surface area contributed by atoms with Crippen LogP contribution in [0.25, 0.3) is 0 Å². The summed E-state index contributed by atoms with van der Waals surface area (Å²) in [5.41, 5.74) is 1.29. The number of carbonyl (C=O) groups is 1. The van der Waals surface area contributed by atoms with Gasteiger partial charge in [0, 0.05) is 31.1 Å². The van der Waals surface area contributed by atoms with Crippen molar-refractivity contribution in [3.63, 3.8) is 0 Å². The standard InChI is InChI=1S/C13H19N3O2S/c1-9(12(17)18)15-5-7-16(8-6-15)13-14-10-3-2-4-11(10)19-13/h9H,2-8H2,1H3,(H,17,18). The van der Waals surface area contributed by atoms with Crippen LogP contribution in [-0.2, 0) is 17.6 Å². The highest BCUT2D eigenvalue weighted by Gasteiger charge is 2.27. The largest absolute Gasteiger partial charge is 0.480 e. The molecule has 0 amide bonds. The molecule has 1 aliphatic heterocycles. The number of nitrogens with zero attached hydrogens (tertiary/aromatic N) is 3. The van der Waals surface area contributed by atoms with Crippen LogP contribution < -0.4 is 4.90 Å². The SMILES string of the molecule is CC(C(=O)O)N1CCN(c2nc3c(s2)CCC3)CC1. The van der Waals surface area contributed by atoms with Gasteiger partial charge in [0.15, 0.2) is 5.13 Å². The Kier molecular flexibility index (Phi) is 3.45. The molecule has 19 heavy (non-hydrogen) atoms. The van der Waals surface area contributed by atoms with Crippen LogP contribution in [0.2, 0.25) is 0 Å². The van der Waals surface area contributed by atoms with Crippen molar-refractivity contribution in [2.24, 2.45) is 0 Å². The second-order valence-electron chi connectivity index (χ2n) is 5.26. The molecule has 1 aromatic rings. The van der Waals surface area contributed by atoms with Crippen LogP contribution in [0.4, 0.5) is 5.13 Å². The van der Waals surface area contributed by atoms with Gasteiger partial charge < -0.3 is 10.0 Å². The Morgan fingerprint density at radius 1 is 1.32 bits per heavy atom. The number of hydrogen-bond acceptors (Lipinski definition) is 5. The molecule has 1 fully saturated rings. The van der Waals surface area contributed by atoms with Gasteiger partial charge in [-0.05, 0) is 26.2 Å². The lowest BCUT2D eigenvalue weighted by molar-refractivity contribution is -0.142. The Labute approximate surface area is 116 Å². The van der Waals surface area contributed by atoms with Crippen LogP contribution in [0.5, 0.6) is 0 Å². The van der Waals surface area contributed by atoms with Crippen LogP contribution in [-0.4, -0.2) is 53.2 Å². The summed E-state index contributed by atoms with van der Waals surface area (Å²) in [6.45, 7) is 5.12. The van der Waals surface area contributed by atoms with Crippen molar-refractivity contribution in [3.8, 4) is 0 Å². The van der Waals surface area contributed by atoms with E-state index in [4.69, 9.17) is 10.1 Å². The number of aliphatic carboxylic acids is 1. The summed E-state index contributed by atoms with van der Waals surface area (Å²) in [6, 6.07) is -0.386. The Morgan fingerprint density at radius 2 is 2.05 bits per heavy atom. The monoisotopic (exact) mass is 281 g/mol. The van der Waals surface area contributed by atoms with Gasteiger partial charge in [0.1, 0.15) is 6.04 Å². The van der Waals surface area contributed by atoms with Crippen molar-refractivity contribution in [2.45, 2.75) is 32.2 Å². The fourth-order valence-corrected chi connectivity index (χ4v) is 3.97. The summed E-state index contributed by atoms with van der Waals surface area (Å²) in [7, 11) is 0. The van der Waals surface area contributed by atoms with Gasteiger partial charge in [-0.2, -0.15) is 0 Å². The van der Waals surface area contributed by atoms with Crippen molar-refractivity contribution in [1.82, 2.24) is 9.88 Å². The number of piperazine rings is 1. The third-order valence-electron chi connectivity index (χ3n) is 4.07. The molecule has 0 radical (unpaired) electrons. The molecule has 0 spiro atoms. The summed E-state index contributed by atoms with van der Waals surface area (Å²) in [4.78, 5) is 21.5. The molecule has 104 valence electrons. The first kappa shape index (κ1) is 12.9. The number of aryl methyl sites for hydroxylation is 2. The predicted molar refractivity (Wildman–Crippen MR) is 75.0 cm³/mol. The molecule has 1 atom stereocenters. The lowest BCUT2D eigenvalue weighted by Crippen LogP contribution is -2.51. The quantitative estimate of drug-likeness (QED) is 0.903. The van der Waals surface area contributed by atoms with Crippen LogP contribution in [0, 0.1) is 0 Å². The summed E-state index contributed by atoms with van der Waals surface area (Å²) >= 11 is 1.82. The molecule has 1 saturated heterocycles. The van der Waals surface area contributed by atoms with Crippen molar-refractivity contribution in [3.05, 3.63) is 10.6 Å². The van der Waals surface area contributed by atoms with E-state index in [1.54, 1.807) is 6.92 Å². The molecule has 5 nitrogen and oxygen atoms in total. The first-order valence-corrected chi connectivity index (χ1v) is 7.67. The van der Waals surface area contributed by atoms with Gasteiger partial charge in [-0.1, -0.05) is 0 Å². The molecular weight excluding hydrogens is 262 g/mol. The molecule has 0 saturated carbocycles. The molecule has 1 aromatic heterocycles. The second-order valence-corrected chi connectivity index (χ2v) is 6.32. The Morgan fingerprint density at radius 3 is 2.68 bits per heavy atom. The topological polar surface area (TPSA) is 56.7 Å². The first-order chi connectivity index (χ1) is 9.15. The second kappa shape index (κ2) is 5.09. The van der Waals surface area contributed by atoms with Crippen molar-refractivity contribution >= 4 is 22.4 Å². The fourth-order valence-electron chi connectivity index (χ4n) is 2.77. The minimum Gasteiger partial charge on any atom is -0.480 e. The number of anilines is 1. The van der Waals surface area contributed by atoms with Gasteiger partial charge in [-0.15, -0.1) is 11.3 Å². The maximum absolute atomic E-state index is 11.0. The zero-order valence-electron chi connectivity index (χ0n) is 11.1. The van der Waals surface area contributed by atoms with E-state index in [2.05, 4.69) is 4.90 Å². The third kappa shape index (κ3) is 2.47. The number of hydrogen-bond donors (Lipinski definition) is 1. The van der Waals surface area contributed by atoms with Crippen molar-refractivity contribution < 1.29 is 9.90 Å². The highest BCUT2D eigenvalue weighted by atomic mass is 32.1. The Bertz CT molecular complexity index is 459. The van der Waals surface area contributed by atoms with E-state index in [1.807, 2.05) is 16.2 Å². The molecule has 6 heteroatoms. The van der Waals surface area contributed by atoms with Crippen LogP contribution in [0.1, 0.15) is 23.9 Å². The fraction of sp³-hybridized carbons (Fsp3) is 0.692. The molecule has 0 aromatic carbocycles. The number of rotatable bonds is 3. The van der Waals surface area contributed by atoms with Crippen molar-refractivity contribution in [2.75, 3.05) is 31.1 Å². The molecule has 0 bridgehead atoms. The van der Waals surface area contributed by atoms with E-state index < -0.39 is 5.97 Å². The summed E-state index contributed by atoms with van der Waals surface area (Å²) in [5, 5.41) is 10.2. The minimum atomic E-state index is -0.735. The normalized spacial score (nSPS) is 21.4. The molecule has 3 rings (SSSR count). The highest BCUT2D eigenvalue weighted by Crippen LogP contribution is 2.32. The number of aromatic nitrogens is 1. The Hall–Kier alpha value is -1.14. The first-order valence-electron chi connectivity index (χ1n) is 6.85. The van der Waals surface area contributed by atoms with E-state index >= 15 is 0 Å². The van der Waals surface area contributed by atoms with Gasteiger partial charge in [0.2, 0.25) is 0 Å². The third-order valence-corrected chi connectivity index (χ3v) is 5.29. The number of fused-ring (bicyclic) bond motifs is 1. The van der Waals surface area contributed by atoms with E-state index in [-0.39, 0.29) is 6.04 Å². The zero-order chi connectivity index (χ0) is 13.4. The molecular formula is C13H19N3O2S. The van der Waals surface area contributed by atoms with E-state index in [9.17, 15) is 4.79 Å². The average Bonchev–Trinajstić information content (AvgIpc) is 2.98. The highest BCUT2D eigenvalue weighted by molar-refractivity contribution is 7.15. The minimum absolute atomic E-state index is 0.386. The molecule has 1 unspecified atom stereocenters. The smallest absolute Gasteiger partial charge is 0.320 e. The average molecular weight is 281 g/mol. The van der Waals surface area contributed by atoms with Crippen LogP contribution >= 0.6 is 11.3 Å². The molecule has 2 heterocycles. The van der Waals surface area contributed by atoms with Gasteiger partial charge in [-0.3, -0.25) is 9.69 Å². The molecule has 1 N–H and O–H groups in total. The summed E-state index contributed by atoms with van der Waals surface area (Å²) in [6.07, 6.45) is 3.56. The maximum Gasteiger partial charge on any atom is 0.320 e. The number of carboxylic acid groups (broad SMARTS) is 1. The van der Waals surface area contributed by atoms with E-state index in [0.29, 0.717) is 0 Å². The summed E-state index contributed by atoms with van der Waals surface area (Å²) in [5.74, 6) is -0.735. The van der Waals surface area contributed by atoms with Crippen LogP contribution in [0.15, 0.2) is 0 Å². The van der Waals surface area contributed by atoms with Gasteiger partial charge in [0.05, 0.1) is 5.69 Å². The lowest BCUT2D eigenvalue weighted by Gasteiger charge is -2.36. The molecule has 1 aliphatic carbocycles. The van der Waals surface area contributed by atoms with Gasteiger partial charge in [-0.25, -0.2) is 4.98 Å². The zero-order valence-corrected chi connectivity index (χ0v) is 11.9. The summed E-state index contributed by atoms with van der Waals surface area (Å²) < 4.78 is 0. The number of thiazole rings is 1. The Balaban J connectivity index is 1.62. The van der Waals surface area contributed by atoms with Crippen LogP contribution in [0.3, 0.4) is 0 Å². The lowest BCUT2D eigenvalue weighted by atomic mass is 10.2. The molecule has 2 aliphatic rings. The van der Waals surface area contributed by atoms with E-state index in [0.717, 1.165) is 37.7 Å². The number of carboxylic acids is 1. The van der Waals surface area contributed by atoms with E-state index in [1.165, 1.54) is 23.4 Å².